The molecule has 4 aromatic rings. The normalized spacial score (nSPS) is 21.8. The summed E-state index contributed by atoms with van der Waals surface area (Å²) in [4.78, 5) is 15.9. The fraction of sp³-hybridized carbons (Fsp3) is 0.375. The van der Waals surface area contributed by atoms with E-state index in [1.165, 1.54) is 12.8 Å². The van der Waals surface area contributed by atoms with Crippen molar-refractivity contribution in [3.63, 3.8) is 0 Å². The molecule has 6 rings (SSSR count). The van der Waals surface area contributed by atoms with Crippen LogP contribution in [0.2, 0.25) is 5.02 Å². The lowest BCUT2D eigenvalue weighted by Crippen LogP contribution is -2.43. The molecule has 0 saturated carbocycles. The number of hydrogen-bond acceptors (Lipinski definition) is 4. The highest BCUT2D eigenvalue weighted by Gasteiger charge is 2.39. The number of carbonyl (C=O) groups is 1. The Hall–Kier alpha value is -3.35. The molecule has 2 saturated heterocycles. The van der Waals surface area contributed by atoms with Crippen LogP contribution in [-0.2, 0) is 0 Å². The zero-order chi connectivity index (χ0) is 27.1. The van der Waals surface area contributed by atoms with E-state index in [4.69, 9.17) is 16.3 Å². The minimum absolute atomic E-state index is 0.140. The molecular formula is C32H35ClN4O2. The van der Waals surface area contributed by atoms with Crippen LogP contribution in [-0.4, -0.2) is 46.2 Å². The number of rotatable bonds is 7. The van der Waals surface area contributed by atoms with Gasteiger partial charge < -0.3 is 15.0 Å². The van der Waals surface area contributed by atoms with Gasteiger partial charge in [-0.25, -0.2) is 0 Å². The van der Waals surface area contributed by atoms with E-state index in [9.17, 15) is 4.79 Å². The van der Waals surface area contributed by atoms with E-state index in [1.807, 2.05) is 66.7 Å². The Bertz CT molecular complexity index is 1470. The Morgan fingerprint density at radius 2 is 1.77 bits per heavy atom. The van der Waals surface area contributed by atoms with Crippen molar-refractivity contribution < 1.29 is 9.53 Å². The summed E-state index contributed by atoms with van der Waals surface area (Å²) >= 11 is 6.46. The third-order valence-corrected chi connectivity index (χ3v) is 8.85. The molecule has 3 aromatic carbocycles. The molecule has 2 bridgehead atoms. The Kier molecular flexibility index (Phi) is 7.08. The Morgan fingerprint density at radius 1 is 1.05 bits per heavy atom. The van der Waals surface area contributed by atoms with Gasteiger partial charge in [-0.15, -0.1) is 0 Å². The molecule has 0 spiro atoms. The number of amides is 1. The van der Waals surface area contributed by atoms with Gasteiger partial charge in [0, 0.05) is 33.6 Å². The summed E-state index contributed by atoms with van der Waals surface area (Å²) in [5.74, 6) is 0.929. The molecule has 2 aliphatic heterocycles. The van der Waals surface area contributed by atoms with Crippen molar-refractivity contribution in [1.29, 1.82) is 0 Å². The van der Waals surface area contributed by atoms with Crippen LogP contribution >= 0.6 is 11.6 Å². The van der Waals surface area contributed by atoms with Gasteiger partial charge >= 0.3 is 0 Å². The van der Waals surface area contributed by atoms with Crippen molar-refractivity contribution in [1.82, 2.24) is 20.4 Å². The van der Waals surface area contributed by atoms with Gasteiger partial charge in [0.2, 0.25) is 0 Å². The van der Waals surface area contributed by atoms with Gasteiger partial charge in [0.15, 0.2) is 0 Å². The van der Waals surface area contributed by atoms with Crippen LogP contribution in [0.25, 0.3) is 22.2 Å². The quantitative estimate of drug-likeness (QED) is 0.263. The maximum Gasteiger partial charge on any atom is 0.251 e. The molecule has 0 aliphatic carbocycles. The summed E-state index contributed by atoms with van der Waals surface area (Å²) in [6.45, 7) is 4.16. The van der Waals surface area contributed by atoms with E-state index < -0.39 is 0 Å². The molecule has 1 aromatic heterocycles. The standard InChI is InChI=1S/C32H35ClN4O2/c1-19(2)30(26-6-4-5-7-28(26)33)34-32(38)21-10-15-29-27(16-21)31(36-35-29)20-8-13-24(14-9-20)39-25-17-22-11-12-23(18-25)37(22)3/h4-10,13-16,19,22-23,25,30H,11-12,17-18H2,1-3H3,(H,34,38)(H,35,36)/t22?,23?,25?,30-/m1/s1. The number of fused-ring (bicyclic) bond motifs is 3. The second kappa shape index (κ2) is 10.7. The molecular weight excluding hydrogens is 508 g/mol. The molecule has 6 nitrogen and oxygen atoms in total. The van der Waals surface area contributed by atoms with E-state index >= 15 is 0 Å². The van der Waals surface area contributed by atoms with Gasteiger partial charge in [-0.2, -0.15) is 5.10 Å². The van der Waals surface area contributed by atoms with Gasteiger partial charge in [0.25, 0.3) is 5.91 Å². The number of aromatic amines is 1. The summed E-state index contributed by atoms with van der Waals surface area (Å²) in [7, 11) is 2.25. The first kappa shape index (κ1) is 25.9. The predicted octanol–water partition coefficient (Wildman–Crippen LogP) is 7.01. The van der Waals surface area contributed by atoms with Crippen molar-refractivity contribution in [3.05, 3.63) is 82.9 Å². The van der Waals surface area contributed by atoms with Crippen molar-refractivity contribution in [2.75, 3.05) is 7.05 Å². The number of nitrogens with zero attached hydrogens (tertiary/aromatic N) is 2. The minimum atomic E-state index is -0.196. The van der Waals surface area contributed by atoms with Crippen molar-refractivity contribution in [3.8, 4) is 17.0 Å². The molecule has 2 N–H and O–H groups in total. The van der Waals surface area contributed by atoms with Gasteiger partial charge in [-0.3, -0.25) is 9.89 Å². The maximum atomic E-state index is 13.4. The number of nitrogens with one attached hydrogen (secondary N) is 2. The third kappa shape index (κ3) is 5.15. The van der Waals surface area contributed by atoms with E-state index in [0.29, 0.717) is 22.7 Å². The summed E-state index contributed by atoms with van der Waals surface area (Å²) in [5, 5.41) is 12.4. The number of piperidine rings is 1. The number of hydrogen-bond donors (Lipinski definition) is 2. The fourth-order valence-corrected chi connectivity index (χ4v) is 6.53. The summed E-state index contributed by atoms with van der Waals surface area (Å²) in [5.41, 5.74) is 4.18. The lowest BCUT2D eigenvalue weighted by molar-refractivity contribution is 0.0662. The maximum absolute atomic E-state index is 13.4. The van der Waals surface area contributed by atoms with Crippen LogP contribution in [0.4, 0.5) is 0 Å². The zero-order valence-corrected chi connectivity index (χ0v) is 23.4. The first-order valence-corrected chi connectivity index (χ1v) is 14.3. The largest absolute Gasteiger partial charge is 0.490 e. The van der Waals surface area contributed by atoms with Crippen molar-refractivity contribution in [2.45, 2.75) is 63.8 Å². The number of carbonyl (C=O) groups excluding carboxylic acids is 1. The minimum Gasteiger partial charge on any atom is -0.490 e. The average Bonchev–Trinajstić information content (AvgIpc) is 3.43. The third-order valence-electron chi connectivity index (χ3n) is 8.50. The topological polar surface area (TPSA) is 70.2 Å². The van der Waals surface area contributed by atoms with E-state index in [2.05, 4.69) is 41.3 Å². The first-order chi connectivity index (χ1) is 18.9. The van der Waals surface area contributed by atoms with Gasteiger partial charge in [-0.05, 0) is 92.7 Å². The highest BCUT2D eigenvalue weighted by molar-refractivity contribution is 6.31. The summed E-state index contributed by atoms with van der Waals surface area (Å²) in [6, 6.07) is 22.6. The molecule has 7 heteroatoms. The second-order valence-electron chi connectivity index (χ2n) is 11.3. The number of H-pyrrole nitrogens is 1. The molecule has 1 amide bonds. The van der Waals surface area contributed by atoms with Crippen LogP contribution in [0.15, 0.2) is 66.7 Å². The second-order valence-corrected chi connectivity index (χ2v) is 11.7. The van der Waals surface area contributed by atoms with Gasteiger partial charge in [-0.1, -0.05) is 43.6 Å². The molecule has 39 heavy (non-hydrogen) atoms. The molecule has 0 radical (unpaired) electrons. The zero-order valence-electron chi connectivity index (χ0n) is 22.7. The van der Waals surface area contributed by atoms with Gasteiger partial charge in [0.1, 0.15) is 11.9 Å². The van der Waals surface area contributed by atoms with Crippen molar-refractivity contribution >= 4 is 28.4 Å². The van der Waals surface area contributed by atoms with Crippen LogP contribution in [0.3, 0.4) is 0 Å². The Balaban J connectivity index is 1.20. The van der Waals surface area contributed by atoms with Crippen LogP contribution in [0, 0.1) is 5.92 Å². The SMILES string of the molecule is CC(C)[C@@H](NC(=O)c1ccc2[nH]nc(-c3ccc(OC4CC5CCC(C4)N5C)cc3)c2c1)c1ccccc1Cl. The highest BCUT2D eigenvalue weighted by Crippen LogP contribution is 2.36. The molecule has 2 fully saturated rings. The average molecular weight is 543 g/mol. The van der Waals surface area contributed by atoms with Crippen molar-refractivity contribution in [2.24, 2.45) is 5.92 Å². The Labute approximate surface area is 234 Å². The molecule has 2 aliphatic rings. The highest BCUT2D eigenvalue weighted by atomic mass is 35.5. The summed E-state index contributed by atoms with van der Waals surface area (Å²) < 4.78 is 6.38. The molecule has 202 valence electrons. The molecule has 2 unspecified atom stereocenters. The van der Waals surface area contributed by atoms with Crippen LogP contribution < -0.4 is 10.1 Å². The monoisotopic (exact) mass is 542 g/mol. The fourth-order valence-electron chi connectivity index (χ4n) is 6.27. The van der Waals surface area contributed by atoms with Crippen LogP contribution in [0.1, 0.15) is 61.5 Å². The first-order valence-electron chi connectivity index (χ1n) is 13.9. The molecule has 3 atom stereocenters. The predicted molar refractivity (Wildman–Crippen MR) is 156 cm³/mol. The van der Waals surface area contributed by atoms with E-state index in [1.54, 1.807) is 0 Å². The van der Waals surface area contributed by atoms with E-state index in [-0.39, 0.29) is 24.0 Å². The number of ether oxygens (including phenoxy) is 1. The number of aromatic nitrogens is 2. The van der Waals surface area contributed by atoms with E-state index in [0.717, 1.165) is 46.3 Å². The lowest BCUT2D eigenvalue weighted by atomic mass is 9.95. The van der Waals surface area contributed by atoms with Gasteiger partial charge in [0.05, 0.1) is 17.3 Å². The smallest absolute Gasteiger partial charge is 0.251 e. The lowest BCUT2D eigenvalue weighted by Gasteiger charge is -2.36. The molecule has 3 heterocycles. The summed E-state index contributed by atoms with van der Waals surface area (Å²) in [6.07, 6.45) is 5.03. The van der Waals surface area contributed by atoms with Crippen LogP contribution in [0.5, 0.6) is 5.75 Å². The number of benzene rings is 3. The Morgan fingerprint density at radius 3 is 2.46 bits per heavy atom. The number of halogens is 1.